The Morgan fingerprint density at radius 1 is 1.23 bits per heavy atom. The highest BCUT2D eigenvalue weighted by Gasteiger charge is 2.34. The van der Waals surface area contributed by atoms with Crippen molar-refractivity contribution in [2.75, 3.05) is 14.2 Å². The molecule has 0 aliphatic heterocycles. The fourth-order valence-corrected chi connectivity index (χ4v) is 1.75. The quantitative estimate of drug-likeness (QED) is 0.536. The molecule has 0 aromatic heterocycles. The maximum absolute atomic E-state index is 11.5. The molecule has 0 aromatic rings. The average molecular weight is 211 g/mol. The third-order valence-electron chi connectivity index (χ3n) is 1.94. The highest BCUT2D eigenvalue weighted by atomic mass is 31.2. The molecule has 0 aliphatic carbocycles. The summed E-state index contributed by atoms with van der Waals surface area (Å²) in [6.07, 6.45) is 1.08. The van der Waals surface area contributed by atoms with Gasteiger partial charge in [-0.25, -0.2) is 4.57 Å². The second-order valence-electron chi connectivity index (χ2n) is 2.68. The zero-order valence-corrected chi connectivity index (χ0v) is 9.47. The molecule has 5 nitrogen and oxygen atoms in total. The van der Waals surface area contributed by atoms with Gasteiger partial charge in [-0.3, -0.25) is 13.6 Å². The molecule has 0 fully saturated rings. The zero-order valence-electron chi connectivity index (χ0n) is 8.57. The van der Waals surface area contributed by atoms with Gasteiger partial charge in [-0.1, -0.05) is 13.8 Å². The van der Waals surface area contributed by atoms with Crippen molar-refractivity contribution in [2.45, 2.75) is 32.4 Å². The first-order valence-electron chi connectivity index (χ1n) is 4.16. The zero-order chi connectivity index (χ0) is 10.5. The largest absolute Gasteiger partial charge is 0.476 e. The summed E-state index contributed by atoms with van der Waals surface area (Å²) in [4.78, 5) is 0. The van der Waals surface area contributed by atoms with Crippen LogP contribution in [-0.4, -0.2) is 19.9 Å². The third kappa shape index (κ3) is 3.75. The Morgan fingerprint density at radius 2 is 1.62 bits per heavy atom. The van der Waals surface area contributed by atoms with E-state index in [1.165, 1.54) is 14.2 Å². The Labute approximate surface area is 79.2 Å². The lowest BCUT2D eigenvalue weighted by molar-refractivity contribution is 0.0195. The van der Waals surface area contributed by atoms with Crippen molar-refractivity contribution in [3.63, 3.8) is 0 Å². The maximum Gasteiger partial charge on any atom is 0.476 e. The number of rotatable bonds is 6. The van der Waals surface area contributed by atoms with E-state index in [9.17, 15) is 4.57 Å². The second kappa shape index (κ2) is 5.08. The summed E-state index contributed by atoms with van der Waals surface area (Å²) in [6, 6.07) is 0. The molecule has 0 saturated heterocycles. The van der Waals surface area contributed by atoms with E-state index < -0.39 is 13.5 Å². The molecule has 13 heavy (non-hydrogen) atoms. The Bertz CT molecular complexity index is 185. The predicted molar refractivity (Wildman–Crippen MR) is 50.2 cm³/mol. The molecule has 0 aliphatic rings. The molecular formula is C7H18NO4P. The highest BCUT2D eigenvalue weighted by molar-refractivity contribution is 7.48. The van der Waals surface area contributed by atoms with Crippen LogP contribution in [0.5, 0.6) is 0 Å². The predicted octanol–water partition coefficient (Wildman–Crippen LogP) is 1.88. The summed E-state index contributed by atoms with van der Waals surface area (Å²) >= 11 is 0. The van der Waals surface area contributed by atoms with Crippen LogP contribution in [0.1, 0.15) is 26.7 Å². The summed E-state index contributed by atoms with van der Waals surface area (Å²) in [5.41, 5.74) is 4.84. The number of phosphoric acid groups is 1. The topological polar surface area (TPSA) is 70.8 Å². The Kier molecular flexibility index (Phi) is 5.10. The number of nitrogens with two attached hydrogens (primary N) is 1. The van der Waals surface area contributed by atoms with Crippen LogP contribution >= 0.6 is 7.82 Å². The van der Waals surface area contributed by atoms with Crippen molar-refractivity contribution in [3.8, 4) is 0 Å². The lowest BCUT2D eigenvalue weighted by Crippen LogP contribution is -2.40. The molecule has 0 aromatic carbocycles. The summed E-state index contributed by atoms with van der Waals surface area (Å²) in [6.45, 7) is 3.69. The van der Waals surface area contributed by atoms with E-state index in [-0.39, 0.29) is 0 Å². The van der Waals surface area contributed by atoms with Crippen molar-refractivity contribution in [1.82, 2.24) is 0 Å². The second-order valence-corrected chi connectivity index (χ2v) is 4.48. The van der Waals surface area contributed by atoms with Gasteiger partial charge in [0.15, 0.2) is 0 Å². The molecule has 6 heteroatoms. The molecule has 0 atom stereocenters. The molecule has 0 heterocycles. The number of phosphoric ester groups is 1. The van der Waals surface area contributed by atoms with Crippen LogP contribution in [0.3, 0.4) is 0 Å². The van der Waals surface area contributed by atoms with Crippen molar-refractivity contribution in [1.29, 1.82) is 0 Å². The molecular weight excluding hydrogens is 193 g/mol. The van der Waals surface area contributed by atoms with Crippen molar-refractivity contribution >= 4 is 7.82 Å². The first-order valence-corrected chi connectivity index (χ1v) is 5.62. The molecule has 0 spiro atoms. The van der Waals surface area contributed by atoms with E-state index in [0.29, 0.717) is 12.8 Å². The molecule has 80 valence electrons. The van der Waals surface area contributed by atoms with Crippen LogP contribution in [0.2, 0.25) is 0 Å². The van der Waals surface area contributed by atoms with Gasteiger partial charge < -0.3 is 5.73 Å². The first-order chi connectivity index (χ1) is 5.95. The van der Waals surface area contributed by atoms with Crippen LogP contribution in [-0.2, 0) is 18.1 Å². The lowest BCUT2D eigenvalue weighted by atomic mass is 10.1. The maximum atomic E-state index is 11.5. The van der Waals surface area contributed by atoms with Crippen LogP contribution in [0, 0.1) is 0 Å². The van der Waals surface area contributed by atoms with E-state index in [2.05, 4.69) is 9.05 Å². The molecule has 0 radical (unpaired) electrons. The van der Waals surface area contributed by atoms with Gasteiger partial charge in [-0.05, 0) is 12.8 Å². The Balaban J connectivity index is 4.46. The molecule has 0 bridgehead atoms. The normalized spacial score (nSPS) is 13.3. The van der Waals surface area contributed by atoms with Crippen LogP contribution in [0.25, 0.3) is 0 Å². The Morgan fingerprint density at radius 3 is 1.85 bits per heavy atom. The van der Waals surface area contributed by atoms with Gasteiger partial charge in [0.2, 0.25) is 0 Å². The molecule has 0 rings (SSSR count). The molecule has 0 saturated carbocycles. The molecule has 0 amide bonds. The van der Waals surface area contributed by atoms with Gasteiger partial charge in [-0.15, -0.1) is 0 Å². The van der Waals surface area contributed by atoms with Crippen molar-refractivity contribution < 1.29 is 18.1 Å². The van der Waals surface area contributed by atoms with E-state index in [4.69, 9.17) is 10.3 Å². The van der Waals surface area contributed by atoms with Gasteiger partial charge in [0.05, 0.1) is 0 Å². The van der Waals surface area contributed by atoms with Crippen LogP contribution < -0.4 is 5.73 Å². The van der Waals surface area contributed by atoms with Crippen LogP contribution in [0.4, 0.5) is 0 Å². The fraction of sp³-hybridized carbons (Fsp3) is 1.00. The van der Waals surface area contributed by atoms with Gasteiger partial charge in [0, 0.05) is 14.2 Å². The smallest absolute Gasteiger partial charge is 0.303 e. The van der Waals surface area contributed by atoms with Crippen molar-refractivity contribution in [3.05, 3.63) is 0 Å². The van der Waals surface area contributed by atoms with Gasteiger partial charge in [0.1, 0.15) is 5.72 Å². The summed E-state index contributed by atoms with van der Waals surface area (Å²) in [7, 11) is -0.941. The fourth-order valence-electron chi connectivity index (χ4n) is 0.751. The Hall–Kier alpha value is 0.0700. The molecule has 2 N–H and O–H groups in total. The van der Waals surface area contributed by atoms with E-state index in [0.717, 1.165) is 0 Å². The first kappa shape index (κ1) is 13.1. The average Bonchev–Trinajstić information content (AvgIpc) is 2.17. The molecule has 0 unspecified atom stereocenters. The third-order valence-corrected chi connectivity index (χ3v) is 3.42. The minimum absolute atomic E-state index is 0.542. The monoisotopic (exact) mass is 211 g/mol. The lowest BCUT2D eigenvalue weighted by Gasteiger charge is -2.29. The van der Waals surface area contributed by atoms with E-state index in [1.807, 2.05) is 13.8 Å². The van der Waals surface area contributed by atoms with Crippen LogP contribution in [0.15, 0.2) is 0 Å². The van der Waals surface area contributed by atoms with Crippen molar-refractivity contribution in [2.24, 2.45) is 5.73 Å². The summed E-state index contributed by atoms with van der Waals surface area (Å²) in [5, 5.41) is 0. The van der Waals surface area contributed by atoms with Gasteiger partial charge in [-0.2, -0.15) is 0 Å². The number of hydrogen-bond donors (Lipinski definition) is 1. The number of hydrogen-bond acceptors (Lipinski definition) is 5. The highest BCUT2D eigenvalue weighted by Crippen LogP contribution is 2.51. The summed E-state index contributed by atoms with van der Waals surface area (Å²) in [5.74, 6) is 0. The van der Waals surface area contributed by atoms with Gasteiger partial charge >= 0.3 is 7.82 Å². The SMILES string of the molecule is CCC(N)(CC)OP(=O)(OC)OC. The standard InChI is InChI=1S/C7H18NO4P/c1-5-7(8,6-2)12-13(9,10-3)11-4/h5-6,8H2,1-4H3. The summed E-state index contributed by atoms with van der Waals surface area (Å²) < 4.78 is 25.9. The van der Waals surface area contributed by atoms with E-state index >= 15 is 0 Å². The van der Waals surface area contributed by atoms with Gasteiger partial charge in [0.25, 0.3) is 0 Å². The minimum Gasteiger partial charge on any atom is -0.303 e. The van der Waals surface area contributed by atoms with E-state index in [1.54, 1.807) is 0 Å². The minimum atomic E-state index is -3.46.